The number of benzene rings is 4. The Balaban J connectivity index is 1.63. The number of likely N-dealkylation sites (tertiary alicyclic amines) is 1. The largest absolute Gasteiger partial charge is 0.416 e. The number of fused-ring (bicyclic) bond motifs is 1. The molecule has 6 nitrogen and oxygen atoms in total. The molecule has 12 heteroatoms. The molecule has 0 unspecified atom stereocenters. The van der Waals surface area contributed by atoms with Gasteiger partial charge in [0.25, 0.3) is 0 Å². The summed E-state index contributed by atoms with van der Waals surface area (Å²) >= 11 is -0.183. The summed E-state index contributed by atoms with van der Waals surface area (Å²) in [6.07, 6.45) is -13.1. The van der Waals surface area contributed by atoms with Crippen LogP contribution < -0.4 is 5.43 Å². The number of thioether (sulfide) groups is 1. The standard InChI is InChI=1S/C41H40F5N3O3S/c1-27-6-15-36-34(22-27)37(50)23-39(53-26-31-4-3-5-35(42)40(31)43)49(36)25-38(51)48(33-16-18-47(19-17-33)20-21-52-2)24-28-7-9-29(10-8-28)30-11-13-32(14-12-30)41(44,45)46/h3-15,22-23,33H,16-21,24-26H2,1-2H3/i6D,15D,16D2,17D2,18D2,19D2,20D2,22D,23D,26D2,33D. The van der Waals surface area contributed by atoms with E-state index in [2.05, 4.69) is 0 Å². The summed E-state index contributed by atoms with van der Waals surface area (Å²) in [6.45, 7) is -14.3. The lowest BCUT2D eigenvalue weighted by Crippen LogP contribution is -2.48. The molecule has 6 rings (SSSR count). The van der Waals surface area contributed by atoms with Crippen LogP contribution in [0.3, 0.4) is 0 Å². The molecule has 0 atom stereocenters. The lowest BCUT2D eigenvalue weighted by molar-refractivity contribution is -0.137. The van der Waals surface area contributed by atoms with Crippen LogP contribution in [0.5, 0.6) is 0 Å². The third-order valence-corrected chi connectivity index (χ3v) is 8.57. The van der Waals surface area contributed by atoms with Gasteiger partial charge in [0, 0.05) is 78.3 Å². The number of pyridine rings is 1. The van der Waals surface area contributed by atoms with Crippen LogP contribution in [-0.2, 0) is 34.5 Å². The number of hydrogen-bond donors (Lipinski definition) is 0. The fourth-order valence-electron chi connectivity index (χ4n) is 5.08. The predicted molar refractivity (Wildman–Crippen MR) is 198 cm³/mol. The van der Waals surface area contributed by atoms with Gasteiger partial charge in [0.15, 0.2) is 17.1 Å². The van der Waals surface area contributed by atoms with E-state index in [0.717, 1.165) is 43.5 Å². The number of rotatable bonds is 12. The molecule has 4 aromatic carbocycles. The maximum Gasteiger partial charge on any atom is 0.416 e. The maximum atomic E-state index is 15.4. The van der Waals surface area contributed by atoms with E-state index in [4.69, 9.17) is 21.2 Å². The zero-order valence-electron chi connectivity index (χ0n) is 44.8. The fraction of sp³-hybridized carbons (Fsp3) is 0.317. The highest BCUT2D eigenvalue weighted by Gasteiger charge is 2.31. The number of amides is 1. The molecule has 2 heterocycles. The first-order valence-electron chi connectivity index (χ1n) is 24.1. The van der Waals surface area contributed by atoms with Crippen molar-refractivity contribution in [1.29, 1.82) is 0 Å². The number of alkyl halides is 3. The highest BCUT2D eigenvalue weighted by molar-refractivity contribution is 7.98. The van der Waals surface area contributed by atoms with Gasteiger partial charge in [-0.1, -0.05) is 60.1 Å². The maximum absolute atomic E-state index is 15.4. The molecule has 1 saturated heterocycles. The average molecular weight is 767 g/mol. The summed E-state index contributed by atoms with van der Waals surface area (Å²) in [5.41, 5.74) is -7.26. The molecule has 1 aliphatic rings. The number of methoxy groups -OCH3 is 1. The Morgan fingerprint density at radius 3 is 2.38 bits per heavy atom. The second-order valence-electron chi connectivity index (χ2n) is 11.4. The van der Waals surface area contributed by atoms with Gasteiger partial charge in [-0.25, -0.2) is 8.78 Å². The Morgan fingerprint density at radius 2 is 1.72 bits per heavy atom. The summed E-state index contributed by atoms with van der Waals surface area (Å²) in [6, 6.07) is 3.46. The monoisotopic (exact) mass is 766 g/mol. The molecule has 0 N–H and O–H groups in total. The van der Waals surface area contributed by atoms with Gasteiger partial charge in [-0.15, -0.1) is 11.8 Å². The molecule has 5 aromatic rings. The highest BCUT2D eigenvalue weighted by atomic mass is 32.2. The summed E-state index contributed by atoms with van der Waals surface area (Å²) < 4.78 is 227. The number of carbonyl (C=O) groups excluding carboxylic acids is 1. The number of carbonyl (C=O) groups is 1. The van der Waals surface area contributed by atoms with Gasteiger partial charge < -0.3 is 19.1 Å². The van der Waals surface area contributed by atoms with Gasteiger partial charge >= 0.3 is 6.18 Å². The van der Waals surface area contributed by atoms with Crippen LogP contribution in [-0.4, -0.2) is 59.5 Å². The lowest BCUT2D eigenvalue weighted by Gasteiger charge is -2.39. The van der Waals surface area contributed by atoms with Crippen molar-refractivity contribution in [2.24, 2.45) is 0 Å². The molecule has 0 radical (unpaired) electrons. The van der Waals surface area contributed by atoms with Crippen LogP contribution >= 0.6 is 11.8 Å². The summed E-state index contributed by atoms with van der Waals surface area (Å²) in [5, 5.41) is -1.76. The van der Waals surface area contributed by atoms with Gasteiger partial charge in [0.1, 0.15) is 6.54 Å². The van der Waals surface area contributed by atoms with Crippen LogP contribution in [0.4, 0.5) is 22.0 Å². The second-order valence-corrected chi connectivity index (χ2v) is 12.2. The van der Waals surface area contributed by atoms with Crippen molar-refractivity contribution in [3.8, 4) is 11.1 Å². The van der Waals surface area contributed by atoms with Crippen molar-refractivity contribution >= 4 is 28.6 Å². The third-order valence-electron chi connectivity index (χ3n) is 7.73. The summed E-state index contributed by atoms with van der Waals surface area (Å²) in [4.78, 5) is 28.9. The van der Waals surface area contributed by atoms with Crippen molar-refractivity contribution in [2.45, 2.75) is 55.7 Å². The van der Waals surface area contributed by atoms with Gasteiger partial charge in [-0.2, -0.15) is 13.2 Å². The molecule has 0 bridgehead atoms. The first-order chi connectivity index (χ1) is 32.0. The van der Waals surface area contributed by atoms with E-state index >= 15 is 9.18 Å². The van der Waals surface area contributed by atoms with E-state index in [0.29, 0.717) is 10.6 Å². The van der Waals surface area contributed by atoms with E-state index in [9.17, 15) is 29.2 Å². The first kappa shape index (κ1) is 22.0. The quantitative estimate of drug-likeness (QED) is 0.0940. The van der Waals surface area contributed by atoms with Crippen molar-refractivity contribution in [3.63, 3.8) is 0 Å². The van der Waals surface area contributed by atoms with E-state index in [1.165, 1.54) is 31.2 Å². The molecule has 1 fully saturated rings. The van der Waals surface area contributed by atoms with Crippen LogP contribution in [0.1, 0.15) is 58.3 Å². The van der Waals surface area contributed by atoms with Gasteiger partial charge in [0.2, 0.25) is 5.91 Å². The Morgan fingerprint density at radius 1 is 1.04 bits per heavy atom. The minimum absolute atomic E-state index is 0.0307. The van der Waals surface area contributed by atoms with Crippen molar-refractivity contribution in [2.75, 3.05) is 33.2 Å². The molecule has 0 aliphatic carbocycles. The zero-order chi connectivity index (χ0) is 52.9. The van der Waals surface area contributed by atoms with Gasteiger partial charge in [0.05, 0.1) is 29.6 Å². The normalized spacial score (nSPS) is 23.8. The number of aromatic nitrogens is 1. The highest BCUT2D eigenvalue weighted by Crippen LogP contribution is 2.32. The Hall–Kier alpha value is -4.52. The SMILES string of the molecule is [2H]c1c(C)c([2H])c2c(=O)c([2H])c(SC([2H])([2H])c3cccc(F)c3F)n(CC(=O)N(Cc3ccc(-c4ccc(C(F)(F)F)cc4)cc3)C3([2H])C([2H])([2H])C([2H])([2H])N(C([2H])([2H])COC)C([2H])([2H])C3([2H])[2H])c2c1[2H]. The molecule has 1 aliphatic heterocycles. The molecule has 0 spiro atoms. The predicted octanol–water partition coefficient (Wildman–Crippen LogP) is 8.71. The second kappa shape index (κ2) is 16.7. The number of piperidine rings is 1. The van der Waals surface area contributed by atoms with Gasteiger partial charge in [-0.05, 0) is 66.6 Å². The van der Waals surface area contributed by atoms with Crippen LogP contribution in [0.25, 0.3) is 22.0 Å². The molecule has 53 heavy (non-hydrogen) atoms. The molecule has 1 aromatic heterocycles. The van der Waals surface area contributed by atoms with Gasteiger partial charge in [-0.3, -0.25) is 9.59 Å². The summed E-state index contributed by atoms with van der Waals surface area (Å²) in [7, 11) is 0.931. The number of nitrogens with zero attached hydrogens (tertiary/aromatic N) is 3. The number of ether oxygens (including phenoxy) is 1. The first-order valence-corrected chi connectivity index (χ1v) is 16.4. The molecular formula is C41H40F5N3O3S. The van der Waals surface area contributed by atoms with Crippen LogP contribution in [0, 0.1) is 18.6 Å². The van der Waals surface area contributed by atoms with Crippen molar-refractivity contribution < 1.29 is 54.8 Å². The minimum Gasteiger partial charge on any atom is -0.383 e. The van der Waals surface area contributed by atoms with E-state index in [1.54, 1.807) is 0 Å². The molecule has 278 valence electrons. The molecule has 0 saturated carbocycles. The van der Waals surface area contributed by atoms with Crippen molar-refractivity contribution in [1.82, 2.24) is 14.4 Å². The summed E-state index contributed by atoms with van der Waals surface area (Å²) in [5.74, 6) is -4.96. The average Bonchev–Trinajstić information content (AvgIpc) is 3.26. The van der Waals surface area contributed by atoms with E-state index in [-0.39, 0.29) is 38.9 Å². The smallest absolute Gasteiger partial charge is 0.383 e. The number of halogens is 5. The fourth-order valence-corrected chi connectivity index (χ4v) is 5.85. The Bertz CT molecular complexity index is 2910. The van der Waals surface area contributed by atoms with Crippen molar-refractivity contribution in [3.05, 3.63) is 135 Å². The lowest BCUT2D eigenvalue weighted by atomic mass is 10.00. The Labute approximate surface area is 333 Å². The van der Waals surface area contributed by atoms with Crippen LogP contribution in [0.2, 0.25) is 0 Å². The molecule has 1 amide bonds. The zero-order valence-corrected chi connectivity index (χ0v) is 28.7. The molecular weight excluding hydrogens is 710 g/mol. The number of hydrogen-bond acceptors (Lipinski definition) is 5. The minimum atomic E-state index is -4.67. The van der Waals surface area contributed by atoms with E-state index < -0.39 is 149 Å². The van der Waals surface area contributed by atoms with E-state index in [1.807, 2.05) is 0 Å². The topological polar surface area (TPSA) is 54.8 Å². The van der Waals surface area contributed by atoms with Crippen LogP contribution in [0.15, 0.2) is 101 Å². The Kier molecular flexibility index (Phi) is 6.91. The third kappa shape index (κ3) is 9.17.